The molecule has 26 heavy (non-hydrogen) atoms. The fourth-order valence-corrected chi connectivity index (χ4v) is 2.89. The van der Waals surface area contributed by atoms with Crippen LogP contribution in [0.3, 0.4) is 0 Å². The van der Waals surface area contributed by atoms with Crippen molar-refractivity contribution in [3.63, 3.8) is 0 Å². The lowest BCUT2D eigenvalue weighted by Gasteiger charge is -2.32. The standard InChI is InChI=1S/C18H23F3N2O3/c1-3-4-5-6-9-13-11-17(26,18(19,20)21)23(22-13)16(25)14-10-7-8-12(2)15(14)24/h7-8,10,24,26H,3-6,9,11H2,1-2H3. The largest absolute Gasteiger partial charge is 0.507 e. The fraction of sp³-hybridized carbons (Fsp3) is 0.556. The van der Waals surface area contributed by atoms with Gasteiger partial charge in [-0.1, -0.05) is 38.3 Å². The minimum Gasteiger partial charge on any atom is -0.507 e. The number of benzene rings is 1. The third-order valence-corrected chi connectivity index (χ3v) is 4.48. The van der Waals surface area contributed by atoms with Gasteiger partial charge in [-0.05, 0) is 31.4 Å². The van der Waals surface area contributed by atoms with Gasteiger partial charge < -0.3 is 10.2 Å². The Labute approximate surface area is 150 Å². The van der Waals surface area contributed by atoms with Crippen molar-refractivity contribution in [1.82, 2.24) is 5.01 Å². The number of aromatic hydroxyl groups is 1. The molecule has 0 saturated carbocycles. The van der Waals surface area contributed by atoms with E-state index in [0.717, 1.165) is 19.3 Å². The number of amides is 1. The van der Waals surface area contributed by atoms with Crippen LogP contribution in [0.2, 0.25) is 0 Å². The summed E-state index contributed by atoms with van der Waals surface area (Å²) in [6.45, 7) is 3.54. The van der Waals surface area contributed by atoms with Crippen LogP contribution in [-0.4, -0.2) is 38.7 Å². The van der Waals surface area contributed by atoms with Gasteiger partial charge in [0.05, 0.1) is 5.56 Å². The summed E-state index contributed by atoms with van der Waals surface area (Å²) in [4.78, 5) is 12.6. The van der Waals surface area contributed by atoms with Crippen LogP contribution in [0.25, 0.3) is 0 Å². The Kier molecular flexibility index (Phi) is 5.95. The van der Waals surface area contributed by atoms with Crippen LogP contribution < -0.4 is 0 Å². The fourth-order valence-electron chi connectivity index (χ4n) is 2.89. The lowest BCUT2D eigenvalue weighted by Crippen LogP contribution is -2.56. The third-order valence-electron chi connectivity index (χ3n) is 4.48. The number of carbonyl (C=O) groups excluding carboxylic acids is 1. The van der Waals surface area contributed by atoms with Crippen molar-refractivity contribution in [1.29, 1.82) is 0 Å². The summed E-state index contributed by atoms with van der Waals surface area (Å²) in [6.07, 6.45) is -2.16. The molecule has 1 amide bonds. The highest BCUT2D eigenvalue weighted by atomic mass is 19.4. The summed E-state index contributed by atoms with van der Waals surface area (Å²) in [5.41, 5.74) is -3.26. The number of para-hydroxylation sites is 1. The summed E-state index contributed by atoms with van der Waals surface area (Å²) < 4.78 is 40.5. The first-order valence-corrected chi connectivity index (χ1v) is 8.60. The van der Waals surface area contributed by atoms with E-state index in [4.69, 9.17) is 0 Å². The number of aryl methyl sites for hydroxylation is 1. The van der Waals surface area contributed by atoms with E-state index in [9.17, 15) is 28.2 Å². The molecule has 1 aromatic carbocycles. The smallest absolute Gasteiger partial charge is 0.438 e. The van der Waals surface area contributed by atoms with Crippen LogP contribution in [-0.2, 0) is 0 Å². The van der Waals surface area contributed by atoms with Crippen LogP contribution in [0, 0.1) is 6.92 Å². The molecule has 0 spiro atoms. The number of hydrogen-bond acceptors (Lipinski definition) is 4. The average Bonchev–Trinajstić information content (AvgIpc) is 2.91. The number of carbonyl (C=O) groups is 1. The molecule has 1 aliphatic rings. The van der Waals surface area contributed by atoms with Crippen LogP contribution in [0.1, 0.15) is 61.4 Å². The van der Waals surface area contributed by atoms with E-state index < -0.39 is 30.0 Å². The molecule has 0 aromatic heterocycles. The Balaban J connectivity index is 2.32. The normalized spacial score (nSPS) is 20.4. The Bertz CT molecular complexity index is 703. The van der Waals surface area contributed by atoms with Gasteiger partial charge in [0.15, 0.2) is 0 Å². The van der Waals surface area contributed by atoms with E-state index in [1.807, 2.05) is 6.92 Å². The number of phenolic OH excluding ortho intramolecular Hbond substituents is 1. The first-order chi connectivity index (χ1) is 12.1. The monoisotopic (exact) mass is 372 g/mol. The number of unbranched alkanes of at least 4 members (excludes halogenated alkanes) is 3. The number of halogens is 3. The molecule has 8 heteroatoms. The van der Waals surface area contributed by atoms with Gasteiger partial charge in [-0.2, -0.15) is 23.3 Å². The molecule has 2 rings (SSSR count). The van der Waals surface area contributed by atoms with Crippen molar-refractivity contribution in [2.45, 2.75) is 64.3 Å². The quantitative estimate of drug-likeness (QED) is 0.738. The summed E-state index contributed by atoms with van der Waals surface area (Å²) in [5.74, 6) is -1.61. The molecule has 1 unspecified atom stereocenters. The minimum absolute atomic E-state index is 0.0661. The topological polar surface area (TPSA) is 73.1 Å². The summed E-state index contributed by atoms with van der Waals surface area (Å²) in [6, 6.07) is 4.17. The van der Waals surface area contributed by atoms with Gasteiger partial charge >= 0.3 is 6.18 Å². The van der Waals surface area contributed by atoms with Gasteiger partial charge in [-0.25, -0.2) is 0 Å². The summed E-state index contributed by atoms with van der Waals surface area (Å²) in [5, 5.41) is 24.1. The van der Waals surface area contributed by atoms with Crippen molar-refractivity contribution >= 4 is 11.6 Å². The molecule has 1 atom stereocenters. The molecule has 0 fully saturated rings. The number of nitrogens with zero attached hydrogens (tertiary/aromatic N) is 2. The van der Waals surface area contributed by atoms with E-state index in [-0.39, 0.29) is 22.7 Å². The van der Waals surface area contributed by atoms with Gasteiger partial charge in [0.1, 0.15) is 5.75 Å². The van der Waals surface area contributed by atoms with Gasteiger partial charge in [0, 0.05) is 12.1 Å². The first kappa shape index (κ1) is 20.2. The molecule has 0 aliphatic carbocycles. The molecule has 1 aliphatic heterocycles. The molecule has 144 valence electrons. The third kappa shape index (κ3) is 3.85. The predicted molar refractivity (Wildman–Crippen MR) is 90.8 cm³/mol. The molecular weight excluding hydrogens is 349 g/mol. The Morgan fingerprint density at radius 3 is 2.62 bits per heavy atom. The van der Waals surface area contributed by atoms with Crippen LogP contribution in [0.5, 0.6) is 5.75 Å². The molecule has 0 bridgehead atoms. The van der Waals surface area contributed by atoms with Crippen molar-refractivity contribution in [2.75, 3.05) is 0 Å². The van der Waals surface area contributed by atoms with Crippen LogP contribution >= 0.6 is 0 Å². The summed E-state index contributed by atoms with van der Waals surface area (Å²) in [7, 11) is 0. The van der Waals surface area contributed by atoms with Crippen molar-refractivity contribution in [3.8, 4) is 5.75 Å². The Morgan fingerprint density at radius 1 is 1.31 bits per heavy atom. The molecule has 1 heterocycles. The second-order valence-electron chi connectivity index (χ2n) is 6.56. The van der Waals surface area contributed by atoms with Gasteiger partial charge in [0.2, 0.25) is 0 Å². The number of rotatable bonds is 6. The number of phenols is 1. The first-order valence-electron chi connectivity index (χ1n) is 8.60. The zero-order chi connectivity index (χ0) is 19.5. The molecule has 1 aromatic rings. The highest BCUT2D eigenvalue weighted by Gasteiger charge is 2.63. The molecular formula is C18H23F3N2O3. The highest BCUT2D eigenvalue weighted by Crippen LogP contribution is 2.42. The van der Waals surface area contributed by atoms with E-state index in [0.29, 0.717) is 12.0 Å². The van der Waals surface area contributed by atoms with Crippen molar-refractivity contribution in [2.24, 2.45) is 5.10 Å². The van der Waals surface area contributed by atoms with Crippen LogP contribution in [0.4, 0.5) is 13.2 Å². The molecule has 0 saturated heterocycles. The number of hydrazone groups is 1. The number of aliphatic hydroxyl groups is 1. The lowest BCUT2D eigenvalue weighted by atomic mass is 10.0. The van der Waals surface area contributed by atoms with Gasteiger partial charge in [0.25, 0.3) is 11.6 Å². The van der Waals surface area contributed by atoms with E-state index >= 15 is 0 Å². The average molecular weight is 372 g/mol. The minimum atomic E-state index is -5.07. The number of alkyl halides is 3. The highest BCUT2D eigenvalue weighted by molar-refractivity contribution is 6.00. The lowest BCUT2D eigenvalue weighted by molar-refractivity contribution is -0.297. The molecule has 0 radical (unpaired) electrons. The Hall–Kier alpha value is -2.09. The zero-order valence-electron chi connectivity index (χ0n) is 14.8. The second kappa shape index (κ2) is 7.65. The van der Waals surface area contributed by atoms with Crippen LogP contribution in [0.15, 0.2) is 23.3 Å². The molecule has 5 nitrogen and oxygen atoms in total. The van der Waals surface area contributed by atoms with E-state index in [1.54, 1.807) is 0 Å². The maximum absolute atomic E-state index is 13.5. The zero-order valence-corrected chi connectivity index (χ0v) is 14.8. The van der Waals surface area contributed by atoms with Gasteiger partial charge in [-0.15, -0.1) is 0 Å². The van der Waals surface area contributed by atoms with Crippen molar-refractivity contribution < 1.29 is 28.2 Å². The van der Waals surface area contributed by atoms with Gasteiger partial charge in [-0.3, -0.25) is 4.79 Å². The van der Waals surface area contributed by atoms with E-state index in [1.165, 1.54) is 25.1 Å². The maximum atomic E-state index is 13.5. The predicted octanol–water partition coefficient (Wildman–Crippen LogP) is 4.12. The maximum Gasteiger partial charge on any atom is 0.438 e. The second-order valence-corrected chi connectivity index (χ2v) is 6.56. The van der Waals surface area contributed by atoms with Crippen molar-refractivity contribution in [3.05, 3.63) is 29.3 Å². The number of hydrogen-bond donors (Lipinski definition) is 2. The Morgan fingerprint density at radius 2 is 2.00 bits per heavy atom. The summed E-state index contributed by atoms with van der Waals surface area (Å²) >= 11 is 0. The molecule has 2 N–H and O–H groups in total. The SMILES string of the molecule is CCCCCCC1=NN(C(=O)c2cccc(C)c2O)C(O)(C(F)(F)F)C1. The van der Waals surface area contributed by atoms with E-state index in [2.05, 4.69) is 5.10 Å².